The van der Waals surface area contributed by atoms with Crippen LogP contribution >= 0.6 is 0 Å². The predicted molar refractivity (Wildman–Crippen MR) is 117 cm³/mol. The molecule has 1 aromatic heterocycles. The Morgan fingerprint density at radius 2 is 1.77 bits per heavy atom. The smallest absolute Gasteiger partial charge is 0.248 e. The van der Waals surface area contributed by atoms with E-state index in [1.54, 1.807) is 0 Å². The highest BCUT2D eigenvalue weighted by molar-refractivity contribution is 5.59. The molecule has 0 saturated heterocycles. The van der Waals surface area contributed by atoms with Gasteiger partial charge in [-0.2, -0.15) is 10.4 Å². The topological polar surface area (TPSA) is 68.1 Å². The molecule has 1 fully saturated rings. The van der Waals surface area contributed by atoms with Crippen LogP contribution in [0.3, 0.4) is 0 Å². The molecule has 0 amide bonds. The van der Waals surface area contributed by atoms with Crippen molar-refractivity contribution in [1.29, 1.82) is 5.26 Å². The second-order valence-electron chi connectivity index (χ2n) is 7.91. The Morgan fingerprint density at radius 1 is 1.07 bits per heavy atom. The van der Waals surface area contributed by atoms with Crippen LogP contribution in [-0.2, 0) is 6.42 Å². The van der Waals surface area contributed by atoms with E-state index >= 15 is 0 Å². The summed E-state index contributed by atoms with van der Waals surface area (Å²) in [6, 6.07) is 23.0. The number of fused-ring (bicyclic) bond motifs is 1. The second-order valence-corrected chi connectivity index (χ2v) is 7.91. The van der Waals surface area contributed by atoms with Gasteiger partial charge in [0.25, 0.3) is 5.95 Å². The van der Waals surface area contributed by atoms with E-state index in [-0.39, 0.29) is 5.92 Å². The first kappa shape index (κ1) is 18.6. The van der Waals surface area contributed by atoms with Crippen molar-refractivity contribution >= 4 is 11.6 Å². The fraction of sp³-hybridized carbons (Fsp3) is 0.292. The summed E-state index contributed by atoms with van der Waals surface area (Å²) in [7, 11) is 1.84. The van der Waals surface area contributed by atoms with Crippen molar-refractivity contribution in [2.75, 3.05) is 17.2 Å². The van der Waals surface area contributed by atoms with Gasteiger partial charge in [-0.15, -0.1) is 0 Å². The number of nitrogens with zero attached hydrogens (tertiary/aromatic N) is 5. The van der Waals surface area contributed by atoms with Crippen LogP contribution in [0.4, 0.5) is 11.6 Å². The quantitative estimate of drug-likeness (QED) is 0.636. The average molecular weight is 396 g/mol. The molecule has 3 aromatic rings. The number of benzene rings is 2. The molecule has 150 valence electrons. The van der Waals surface area contributed by atoms with Gasteiger partial charge in [0.05, 0.1) is 17.5 Å². The lowest BCUT2D eigenvalue weighted by Crippen LogP contribution is -2.56. The summed E-state index contributed by atoms with van der Waals surface area (Å²) in [6.07, 6.45) is 5.60. The number of aryl methyl sites for hydroxylation is 1. The minimum atomic E-state index is -0.578. The van der Waals surface area contributed by atoms with Crippen LogP contribution in [0.1, 0.15) is 42.0 Å². The Hall–Kier alpha value is -3.43. The molecular formula is C24H24N6. The average Bonchev–Trinajstić information content (AvgIpc) is 3.49. The van der Waals surface area contributed by atoms with E-state index in [4.69, 9.17) is 4.98 Å². The summed E-state index contributed by atoms with van der Waals surface area (Å²) < 4.78 is 0. The van der Waals surface area contributed by atoms with E-state index in [1.165, 1.54) is 11.1 Å². The minimum absolute atomic E-state index is 0.276. The molecule has 6 nitrogen and oxygen atoms in total. The molecule has 2 aliphatic rings. The maximum Gasteiger partial charge on any atom is 0.260 e. The zero-order chi connectivity index (χ0) is 20.6. The minimum Gasteiger partial charge on any atom is -0.248 e. The first-order valence-electron chi connectivity index (χ1n) is 10.4. The predicted octanol–water partition coefficient (Wildman–Crippen LogP) is 3.97. The summed E-state index contributed by atoms with van der Waals surface area (Å²) in [4.78, 5) is 9.68. The third kappa shape index (κ3) is 3.08. The Morgan fingerprint density at radius 3 is 2.40 bits per heavy atom. The van der Waals surface area contributed by atoms with Crippen molar-refractivity contribution in [3.05, 3.63) is 83.7 Å². The van der Waals surface area contributed by atoms with Gasteiger partial charge in [0.1, 0.15) is 5.54 Å². The number of nitriles is 1. The number of nitrogens with one attached hydrogen (secondary N) is 1. The summed E-state index contributed by atoms with van der Waals surface area (Å²) in [5, 5.41) is 13.8. The van der Waals surface area contributed by atoms with Gasteiger partial charge in [0, 0.05) is 19.2 Å². The normalized spacial score (nSPS) is 18.3. The number of hydrazine groups is 2. The summed E-state index contributed by atoms with van der Waals surface area (Å²) in [5.74, 6) is 0.835. The maximum atomic E-state index is 9.94. The van der Waals surface area contributed by atoms with E-state index in [0.717, 1.165) is 37.1 Å². The molecule has 1 N–H and O–H groups in total. The molecule has 6 heteroatoms. The third-order valence-corrected chi connectivity index (χ3v) is 6.06. The highest BCUT2D eigenvalue weighted by atomic mass is 15.8. The standard InChI is InChI=1S/C24H24N6/c1-26-30(29(24(17-25)14-15-24)20-10-6-3-7-11-20)23-27-16-19-12-13-21(22(19)28-23)18-8-4-2-5-9-18/h2-11,16,21,26H,12-15H2,1H3. The molecule has 2 aromatic carbocycles. The fourth-order valence-corrected chi connectivity index (χ4v) is 4.36. The summed E-state index contributed by atoms with van der Waals surface area (Å²) >= 11 is 0. The van der Waals surface area contributed by atoms with Crippen LogP contribution < -0.4 is 15.6 Å². The van der Waals surface area contributed by atoms with Crippen molar-refractivity contribution in [3.8, 4) is 6.07 Å². The number of para-hydroxylation sites is 1. The van der Waals surface area contributed by atoms with Gasteiger partial charge in [-0.05, 0) is 48.9 Å². The Kier molecular flexibility index (Phi) is 4.61. The van der Waals surface area contributed by atoms with Gasteiger partial charge in [-0.1, -0.05) is 48.5 Å². The molecule has 1 unspecified atom stereocenters. The SMILES string of the molecule is CNN(c1ncc2c(n1)C(c1ccccc1)CC2)N(c1ccccc1)C1(C#N)CC1. The van der Waals surface area contributed by atoms with Crippen molar-refractivity contribution in [2.24, 2.45) is 0 Å². The van der Waals surface area contributed by atoms with Gasteiger partial charge < -0.3 is 0 Å². The molecule has 2 aliphatic carbocycles. The van der Waals surface area contributed by atoms with Crippen LogP contribution in [0.2, 0.25) is 0 Å². The number of hydrogen-bond donors (Lipinski definition) is 1. The van der Waals surface area contributed by atoms with E-state index in [2.05, 4.69) is 40.7 Å². The van der Waals surface area contributed by atoms with Gasteiger partial charge in [0.2, 0.25) is 0 Å². The molecule has 1 heterocycles. The van der Waals surface area contributed by atoms with Gasteiger partial charge in [0.15, 0.2) is 0 Å². The molecule has 30 heavy (non-hydrogen) atoms. The first-order chi connectivity index (χ1) is 14.8. The van der Waals surface area contributed by atoms with Crippen LogP contribution in [-0.4, -0.2) is 22.6 Å². The highest BCUT2D eigenvalue weighted by Crippen LogP contribution is 2.45. The van der Waals surface area contributed by atoms with E-state index < -0.39 is 5.54 Å². The van der Waals surface area contributed by atoms with Crippen molar-refractivity contribution in [3.63, 3.8) is 0 Å². The van der Waals surface area contributed by atoms with E-state index in [1.807, 2.05) is 59.8 Å². The van der Waals surface area contributed by atoms with Crippen molar-refractivity contribution in [2.45, 2.75) is 37.1 Å². The first-order valence-corrected chi connectivity index (χ1v) is 10.4. The molecule has 1 saturated carbocycles. The Balaban J connectivity index is 1.56. The monoisotopic (exact) mass is 396 g/mol. The summed E-state index contributed by atoms with van der Waals surface area (Å²) in [5.41, 5.74) is 7.16. The molecular weight excluding hydrogens is 372 g/mol. The molecule has 0 radical (unpaired) electrons. The van der Waals surface area contributed by atoms with E-state index in [9.17, 15) is 5.26 Å². The lowest BCUT2D eigenvalue weighted by atomic mass is 9.97. The number of rotatable bonds is 6. The maximum absolute atomic E-state index is 9.94. The largest absolute Gasteiger partial charge is 0.260 e. The number of aromatic nitrogens is 2. The lowest BCUT2D eigenvalue weighted by molar-refractivity contribution is 0.573. The van der Waals surface area contributed by atoms with Crippen LogP contribution in [0, 0.1) is 11.3 Å². The van der Waals surface area contributed by atoms with Crippen molar-refractivity contribution < 1.29 is 0 Å². The zero-order valence-electron chi connectivity index (χ0n) is 17.0. The highest BCUT2D eigenvalue weighted by Gasteiger charge is 2.52. The van der Waals surface area contributed by atoms with E-state index in [0.29, 0.717) is 5.95 Å². The summed E-state index contributed by atoms with van der Waals surface area (Å²) in [6.45, 7) is 0. The van der Waals surface area contributed by atoms with Gasteiger partial charge in [-0.3, -0.25) is 0 Å². The van der Waals surface area contributed by atoms with Crippen LogP contribution in [0.5, 0.6) is 0 Å². The molecule has 0 bridgehead atoms. The van der Waals surface area contributed by atoms with Crippen LogP contribution in [0.25, 0.3) is 0 Å². The Bertz CT molecular complexity index is 1070. The van der Waals surface area contributed by atoms with Crippen molar-refractivity contribution in [1.82, 2.24) is 15.4 Å². The lowest BCUT2D eigenvalue weighted by Gasteiger charge is -2.38. The number of hydrogen-bond acceptors (Lipinski definition) is 6. The molecule has 5 rings (SSSR count). The molecule has 1 atom stereocenters. The zero-order valence-corrected chi connectivity index (χ0v) is 17.0. The fourth-order valence-electron chi connectivity index (χ4n) is 4.36. The van der Waals surface area contributed by atoms with Crippen LogP contribution in [0.15, 0.2) is 66.9 Å². The number of anilines is 2. The van der Waals surface area contributed by atoms with Gasteiger partial charge in [-0.25, -0.2) is 20.4 Å². The Labute approximate surface area is 176 Å². The third-order valence-electron chi connectivity index (χ3n) is 6.06. The molecule has 0 spiro atoms. The second kappa shape index (κ2) is 7.43. The van der Waals surface area contributed by atoms with Gasteiger partial charge >= 0.3 is 0 Å². The molecule has 0 aliphatic heterocycles.